The van der Waals surface area contributed by atoms with Crippen molar-refractivity contribution in [2.45, 2.75) is 70.9 Å². The lowest BCUT2D eigenvalue weighted by Crippen LogP contribution is -2.09. The minimum atomic E-state index is -2.14. The van der Waals surface area contributed by atoms with Crippen LogP contribution < -0.4 is 0 Å². The number of rotatable bonds is 12. The Balaban J connectivity index is 3.78. The average Bonchev–Trinajstić information content (AvgIpc) is 2.39. The molecule has 0 aliphatic heterocycles. The van der Waals surface area contributed by atoms with Crippen molar-refractivity contribution in [1.29, 1.82) is 0 Å². The topological polar surface area (TPSA) is 63.6 Å². The van der Waals surface area contributed by atoms with E-state index in [1.54, 1.807) is 6.92 Å². The Morgan fingerprint density at radius 2 is 1.80 bits per heavy atom. The molecule has 0 spiro atoms. The maximum Gasteiger partial charge on any atom is 0.508 e. The Hall–Kier alpha value is -0.730. The summed E-state index contributed by atoms with van der Waals surface area (Å²) in [4.78, 5) is 20.5. The van der Waals surface area contributed by atoms with Gasteiger partial charge < -0.3 is 4.74 Å². The van der Waals surface area contributed by atoms with E-state index in [1.807, 2.05) is 0 Å². The van der Waals surface area contributed by atoms with E-state index in [0.717, 1.165) is 19.3 Å². The van der Waals surface area contributed by atoms with Crippen LogP contribution in [0.25, 0.3) is 0 Å². The fourth-order valence-electron chi connectivity index (χ4n) is 1.96. The van der Waals surface area contributed by atoms with Crippen LogP contribution in [0.4, 0.5) is 0 Å². The second kappa shape index (κ2) is 12.0. The number of esters is 1. The summed E-state index contributed by atoms with van der Waals surface area (Å²) in [5, 5.41) is 0. The number of unbranched alkanes of at least 4 members (excludes halogenated alkanes) is 4. The van der Waals surface area contributed by atoms with Crippen LogP contribution in [-0.4, -0.2) is 23.1 Å². The molecule has 0 fully saturated rings. The molecule has 0 amide bonds. The quantitative estimate of drug-likeness (QED) is 0.252. The van der Waals surface area contributed by atoms with Gasteiger partial charge in [-0.05, 0) is 30.8 Å². The highest BCUT2D eigenvalue weighted by Crippen LogP contribution is 2.31. The van der Waals surface area contributed by atoms with E-state index in [-0.39, 0.29) is 5.66 Å². The molecule has 116 valence electrons. The fraction of sp³-hybridized carbons (Fsp3) is 0.800. The van der Waals surface area contributed by atoms with Crippen LogP contribution in [0.3, 0.4) is 0 Å². The van der Waals surface area contributed by atoms with Crippen molar-refractivity contribution >= 4 is 14.0 Å². The van der Waals surface area contributed by atoms with Gasteiger partial charge in [-0.1, -0.05) is 39.2 Å². The molecule has 2 atom stereocenters. The van der Waals surface area contributed by atoms with E-state index in [4.69, 9.17) is 4.74 Å². The van der Waals surface area contributed by atoms with E-state index < -0.39 is 14.0 Å². The Morgan fingerprint density at radius 3 is 2.35 bits per heavy atom. The molecule has 0 aliphatic rings. The lowest BCUT2D eigenvalue weighted by Gasteiger charge is -2.06. The summed E-state index contributed by atoms with van der Waals surface area (Å²) >= 11 is 0. The van der Waals surface area contributed by atoms with Crippen LogP contribution in [-0.2, 0) is 14.1 Å². The molecule has 0 bridgehead atoms. The van der Waals surface area contributed by atoms with Crippen LogP contribution in [0, 0.1) is 0 Å². The normalized spacial score (nSPS) is 12.8. The van der Waals surface area contributed by atoms with Crippen molar-refractivity contribution in [2.24, 2.45) is 0 Å². The van der Waals surface area contributed by atoms with Gasteiger partial charge in [0.2, 0.25) is 0 Å². The molecule has 0 aliphatic carbocycles. The third-order valence-corrected chi connectivity index (χ3v) is 4.36. The maximum atomic E-state index is 11.3. The van der Waals surface area contributed by atoms with E-state index in [2.05, 4.69) is 13.5 Å². The van der Waals surface area contributed by atoms with Gasteiger partial charge in [0.25, 0.3) is 0 Å². The van der Waals surface area contributed by atoms with Crippen LogP contribution in [0.15, 0.2) is 12.2 Å². The van der Waals surface area contributed by atoms with Gasteiger partial charge in [0.15, 0.2) is 5.66 Å². The highest BCUT2D eigenvalue weighted by molar-refractivity contribution is 7.38. The highest BCUT2D eigenvalue weighted by atomic mass is 31.1. The van der Waals surface area contributed by atoms with Gasteiger partial charge in [-0.25, -0.2) is 4.79 Å². The minimum absolute atomic E-state index is 0.171. The third kappa shape index (κ3) is 10.1. The van der Waals surface area contributed by atoms with Crippen molar-refractivity contribution in [3.8, 4) is 0 Å². The fourth-order valence-corrected chi connectivity index (χ4v) is 2.76. The monoisotopic (exact) mass is 303 g/mol. The van der Waals surface area contributed by atoms with E-state index in [0.29, 0.717) is 25.0 Å². The number of carbonyl (C=O) groups is 1. The van der Waals surface area contributed by atoms with Gasteiger partial charge in [0.05, 0.1) is 6.61 Å². The summed E-state index contributed by atoms with van der Waals surface area (Å²) in [5.74, 6) is -0.394. The van der Waals surface area contributed by atoms with Crippen molar-refractivity contribution in [1.82, 2.24) is 0 Å². The lowest BCUT2D eigenvalue weighted by atomic mass is 10.1. The molecule has 5 heteroatoms. The molecule has 0 aromatic rings. The van der Waals surface area contributed by atoms with E-state index in [1.165, 1.54) is 19.3 Å². The maximum absolute atomic E-state index is 11.3. The first kappa shape index (κ1) is 19.3. The molecule has 0 heterocycles. The number of hydrogen-bond donors (Lipinski definition) is 1. The van der Waals surface area contributed by atoms with Gasteiger partial charge >= 0.3 is 14.0 Å². The standard InChI is InChI=1S/C15H27O4P/c1-4-5-6-7-8-10-14(20(17)18)11-9-12-19-15(16)13(2)3/h14H,2,4-12H2,1,3H3/p+1. The minimum Gasteiger partial charge on any atom is -0.462 e. The van der Waals surface area contributed by atoms with Gasteiger partial charge in [-0.15, -0.1) is 0 Å². The molecule has 2 unspecified atom stereocenters. The zero-order valence-electron chi connectivity index (χ0n) is 12.8. The van der Waals surface area contributed by atoms with Crippen LogP contribution in [0.1, 0.15) is 65.2 Å². The second-order valence-electron chi connectivity index (χ2n) is 5.22. The summed E-state index contributed by atoms with van der Waals surface area (Å²) in [6, 6.07) is 0. The summed E-state index contributed by atoms with van der Waals surface area (Å²) in [5.41, 5.74) is 0.209. The SMILES string of the molecule is C=C(C)C(=O)OCCCC(CCCCCCC)[P+](=O)O. The van der Waals surface area contributed by atoms with E-state index >= 15 is 0 Å². The van der Waals surface area contributed by atoms with Crippen LogP contribution >= 0.6 is 8.03 Å². The number of carbonyl (C=O) groups excluding carboxylic acids is 1. The predicted molar refractivity (Wildman–Crippen MR) is 82.0 cm³/mol. The molecule has 0 radical (unpaired) electrons. The van der Waals surface area contributed by atoms with Crippen molar-refractivity contribution in [3.63, 3.8) is 0 Å². The van der Waals surface area contributed by atoms with Crippen molar-refractivity contribution in [3.05, 3.63) is 12.2 Å². The van der Waals surface area contributed by atoms with Gasteiger partial charge in [0, 0.05) is 12.0 Å². The lowest BCUT2D eigenvalue weighted by molar-refractivity contribution is -0.139. The Bertz CT molecular complexity index is 315. The van der Waals surface area contributed by atoms with Crippen LogP contribution in [0.2, 0.25) is 0 Å². The Morgan fingerprint density at radius 1 is 1.20 bits per heavy atom. The molecule has 1 N–H and O–H groups in total. The van der Waals surface area contributed by atoms with Crippen LogP contribution in [0.5, 0.6) is 0 Å². The third-order valence-electron chi connectivity index (χ3n) is 3.22. The molecular weight excluding hydrogens is 275 g/mol. The molecule has 0 saturated heterocycles. The first-order valence-electron chi connectivity index (χ1n) is 7.46. The molecule has 4 nitrogen and oxygen atoms in total. The zero-order valence-corrected chi connectivity index (χ0v) is 13.7. The largest absolute Gasteiger partial charge is 0.508 e. The van der Waals surface area contributed by atoms with Gasteiger partial charge in [-0.2, -0.15) is 4.89 Å². The molecular formula is C15H28O4P+. The molecule has 0 aromatic heterocycles. The highest BCUT2D eigenvalue weighted by Gasteiger charge is 2.27. The molecule has 0 saturated carbocycles. The van der Waals surface area contributed by atoms with Crippen molar-refractivity contribution in [2.75, 3.05) is 6.61 Å². The van der Waals surface area contributed by atoms with Gasteiger partial charge in [0.1, 0.15) is 0 Å². The van der Waals surface area contributed by atoms with E-state index in [9.17, 15) is 14.3 Å². The van der Waals surface area contributed by atoms with Crippen molar-refractivity contribution < 1.29 is 19.0 Å². The number of hydrogen-bond acceptors (Lipinski definition) is 3. The zero-order chi connectivity index (χ0) is 15.4. The Labute approximate surface area is 123 Å². The molecule has 0 aromatic carbocycles. The predicted octanol–water partition coefficient (Wildman–Crippen LogP) is 4.35. The molecule has 0 rings (SSSR count). The van der Waals surface area contributed by atoms with Gasteiger partial charge in [-0.3, -0.25) is 0 Å². The molecule has 20 heavy (non-hydrogen) atoms. The second-order valence-corrected chi connectivity index (χ2v) is 6.55. The summed E-state index contributed by atoms with van der Waals surface area (Å²) in [6.07, 6.45) is 7.78. The summed E-state index contributed by atoms with van der Waals surface area (Å²) in [7, 11) is -2.14. The Kier molecular flexibility index (Phi) is 11.6. The summed E-state index contributed by atoms with van der Waals surface area (Å²) < 4.78 is 16.3. The summed E-state index contributed by atoms with van der Waals surface area (Å²) in [6.45, 7) is 7.56. The average molecular weight is 303 g/mol. The number of ether oxygens (including phenoxy) is 1. The first-order chi connectivity index (χ1) is 9.49. The first-order valence-corrected chi connectivity index (χ1v) is 8.75. The smallest absolute Gasteiger partial charge is 0.462 e.